The van der Waals surface area contributed by atoms with Crippen molar-refractivity contribution >= 4 is 33.8 Å². The molecule has 0 spiro atoms. The lowest BCUT2D eigenvalue weighted by Crippen LogP contribution is -1.93. The molecule has 1 aromatic heterocycles. The summed E-state index contributed by atoms with van der Waals surface area (Å²) in [6.45, 7) is 2.65. The molecule has 17 heavy (non-hydrogen) atoms. The Hall–Kier alpha value is -1.26. The molecule has 0 amide bonds. The Morgan fingerprint density at radius 3 is 2.71 bits per heavy atom. The third-order valence-electron chi connectivity index (χ3n) is 2.11. The van der Waals surface area contributed by atoms with Crippen LogP contribution in [0.5, 0.6) is 5.75 Å². The van der Waals surface area contributed by atoms with Gasteiger partial charge < -0.3 is 10.1 Å². The van der Waals surface area contributed by atoms with Gasteiger partial charge in [0.15, 0.2) is 5.13 Å². The van der Waals surface area contributed by atoms with Gasteiger partial charge >= 0.3 is 0 Å². The molecule has 0 radical (unpaired) electrons. The summed E-state index contributed by atoms with van der Waals surface area (Å²) < 4.78 is 5.37. The van der Waals surface area contributed by atoms with Crippen molar-refractivity contribution in [3.8, 4) is 5.75 Å². The summed E-state index contributed by atoms with van der Waals surface area (Å²) in [4.78, 5) is 4.33. The number of hydrogen-bond acceptors (Lipinski definition) is 4. The van der Waals surface area contributed by atoms with Crippen molar-refractivity contribution in [1.82, 2.24) is 4.98 Å². The number of benzene rings is 1. The number of halogens is 1. The van der Waals surface area contributed by atoms with Crippen LogP contribution < -0.4 is 10.1 Å². The van der Waals surface area contributed by atoms with Gasteiger partial charge in [0.2, 0.25) is 0 Å². The fourth-order valence-corrected chi connectivity index (χ4v) is 2.31. The number of nitrogens with zero attached hydrogens (tertiary/aromatic N) is 1. The molecule has 90 valence electrons. The molecule has 0 bridgehead atoms. The van der Waals surface area contributed by atoms with E-state index in [1.165, 1.54) is 0 Å². The molecule has 2 rings (SSSR count). The zero-order valence-electron chi connectivity index (χ0n) is 9.44. The van der Waals surface area contributed by atoms with Crippen molar-refractivity contribution in [3.05, 3.63) is 35.3 Å². The number of thiazole rings is 1. The van der Waals surface area contributed by atoms with Gasteiger partial charge in [-0.1, -0.05) is 0 Å². The number of nitrogens with one attached hydrogen (secondary N) is 1. The molecule has 0 aliphatic carbocycles. The molecule has 3 nitrogen and oxygen atoms in total. The van der Waals surface area contributed by atoms with E-state index in [-0.39, 0.29) is 0 Å². The van der Waals surface area contributed by atoms with Gasteiger partial charge in [-0.25, -0.2) is 4.98 Å². The zero-order valence-corrected chi connectivity index (χ0v) is 11.0. The van der Waals surface area contributed by atoms with E-state index in [1.54, 1.807) is 11.3 Å². The van der Waals surface area contributed by atoms with Crippen LogP contribution in [0.1, 0.15) is 12.6 Å². The minimum atomic E-state index is 0.446. The van der Waals surface area contributed by atoms with Gasteiger partial charge in [0, 0.05) is 11.1 Å². The Labute approximate surface area is 109 Å². The van der Waals surface area contributed by atoms with E-state index < -0.39 is 0 Å². The maximum absolute atomic E-state index is 5.70. The maximum atomic E-state index is 5.70. The van der Waals surface area contributed by atoms with E-state index in [0.29, 0.717) is 12.5 Å². The highest BCUT2D eigenvalue weighted by Gasteiger charge is 2.01. The molecule has 2 aromatic rings. The number of hydrogen-bond donors (Lipinski definition) is 1. The van der Waals surface area contributed by atoms with Crippen molar-refractivity contribution < 1.29 is 4.74 Å². The topological polar surface area (TPSA) is 34.1 Å². The van der Waals surface area contributed by atoms with Crippen molar-refractivity contribution in [2.75, 3.05) is 11.9 Å². The fourth-order valence-electron chi connectivity index (χ4n) is 1.35. The SMILES string of the molecule is CCOc1ccc(Nc2nc(CCl)cs2)cc1. The Morgan fingerprint density at radius 2 is 2.12 bits per heavy atom. The highest BCUT2D eigenvalue weighted by Crippen LogP contribution is 2.23. The molecule has 0 aliphatic heterocycles. The summed E-state index contributed by atoms with van der Waals surface area (Å²) >= 11 is 7.24. The highest BCUT2D eigenvalue weighted by molar-refractivity contribution is 7.13. The molecule has 1 aromatic carbocycles. The van der Waals surface area contributed by atoms with Gasteiger partial charge in [-0.15, -0.1) is 22.9 Å². The van der Waals surface area contributed by atoms with Crippen LogP contribution in [-0.4, -0.2) is 11.6 Å². The van der Waals surface area contributed by atoms with E-state index >= 15 is 0 Å². The Bertz CT molecular complexity index is 470. The monoisotopic (exact) mass is 268 g/mol. The summed E-state index contributed by atoms with van der Waals surface area (Å²) in [7, 11) is 0. The first-order valence-electron chi connectivity index (χ1n) is 5.32. The van der Waals surface area contributed by atoms with E-state index in [0.717, 1.165) is 22.3 Å². The van der Waals surface area contributed by atoms with Gasteiger partial charge in [-0.3, -0.25) is 0 Å². The molecule has 0 unspecified atom stereocenters. The van der Waals surface area contributed by atoms with Crippen LogP contribution in [-0.2, 0) is 5.88 Å². The molecule has 5 heteroatoms. The van der Waals surface area contributed by atoms with Crippen LogP contribution in [0.25, 0.3) is 0 Å². The molecule has 1 N–H and O–H groups in total. The third kappa shape index (κ3) is 3.35. The van der Waals surface area contributed by atoms with Crippen LogP contribution in [0.3, 0.4) is 0 Å². The van der Waals surface area contributed by atoms with Crippen LogP contribution in [0, 0.1) is 0 Å². The Morgan fingerprint density at radius 1 is 1.35 bits per heavy atom. The standard InChI is InChI=1S/C12H13ClN2OS/c1-2-16-11-5-3-9(4-6-11)14-12-15-10(7-13)8-17-12/h3-6,8H,2,7H2,1H3,(H,14,15). The summed E-state index contributed by atoms with van der Waals surface area (Å²) in [5.41, 5.74) is 1.88. The molecule has 0 atom stereocenters. The van der Waals surface area contributed by atoms with Crippen LogP contribution >= 0.6 is 22.9 Å². The van der Waals surface area contributed by atoms with Gasteiger partial charge in [-0.05, 0) is 31.2 Å². The molecule has 1 heterocycles. The second kappa shape index (κ2) is 5.89. The fraction of sp³-hybridized carbons (Fsp3) is 0.250. The predicted octanol–water partition coefficient (Wildman–Crippen LogP) is 4.02. The average molecular weight is 269 g/mol. The first kappa shape index (κ1) is 12.2. The first-order chi connectivity index (χ1) is 8.31. The minimum Gasteiger partial charge on any atom is -0.494 e. The number of anilines is 2. The normalized spacial score (nSPS) is 10.2. The molecule has 0 aliphatic rings. The summed E-state index contributed by atoms with van der Waals surface area (Å²) in [5.74, 6) is 1.32. The Kier molecular flexibility index (Phi) is 4.23. The number of ether oxygens (including phenoxy) is 1. The van der Waals surface area contributed by atoms with Crippen molar-refractivity contribution in [3.63, 3.8) is 0 Å². The van der Waals surface area contributed by atoms with Gasteiger partial charge in [0.05, 0.1) is 18.2 Å². The zero-order chi connectivity index (χ0) is 12.1. The number of rotatable bonds is 5. The van der Waals surface area contributed by atoms with E-state index in [1.807, 2.05) is 36.6 Å². The number of aromatic nitrogens is 1. The van der Waals surface area contributed by atoms with Crippen molar-refractivity contribution in [2.45, 2.75) is 12.8 Å². The van der Waals surface area contributed by atoms with Crippen molar-refractivity contribution in [1.29, 1.82) is 0 Å². The van der Waals surface area contributed by atoms with E-state index in [9.17, 15) is 0 Å². The van der Waals surface area contributed by atoms with Gasteiger partial charge in [0.25, 0.3) is 0 Å². The quantitative estimate of drug-likeness (QED) is 0.832. The Balaban J connectivity index is 2.03. The lowest BCUT2D eigenvalue weighted by atomic mass is 10.3. The number of alkyl halides is 1. The first-order valence-corrected chi connectivity index (χ1v) is 6.73. The van der Waals surface area contributed by atoms with Gasteiger partial charge in [0.1, 0.15) is 5.75 Å². The molecule has 0 saturated heterocycles. The van der Waals surface area contributed by atoms with Gasteiger partial charge in [-0.2, -0.15) is 0 Å². The molecule has 0 saturated carbocycles. The predicted molar refractivity (Wildman–Crippen MR) is 72.6 cm³/mol. The van der Waals surface area contributed by atoms with E-state index in [4.69, 9.17) is 16.3 Å². The molecule has 0 fully saturated rings. The molecular weight excluding hydrogens is 256 g/mol. The van der Waals surface area contributed by atoms with Crippen LogP contribution in [0.2, 0.25) is 0 Å². The van der Waals surface area contributed by atoms with E-state index in [2.05, 4.69) is 10.3 Å². The summed E-state index contributed by atoms with van der Waals surface area (Å²) in [5, 5.41) is 6.02. The average Bonchev–Trinajstić information content (AvgIpc) is 2.80. The highest BCUT2D eigenvalue weighted by atomic mass is 35.5. The second-order valence-corrected chi connectivity index (χ2v) is 4.49. The molecular formula is C12H13ClN2OS. The van der Waals surface area contributed by atoms with Crippen molar-refractivity contribution in [2.24, 2.45) is 0 Å². The third-order valence-corrected chi connectivity index (χ3v) is 3.19. The maximum Gasteiger partial charge on any atom is 0.187 e. The summed E-state index contributed by atoms with van der Waals surface area (Å²) in [6, 6.07) is 7.79. The minimum absolute atomic E-state index is 0.446. The lowest BCUT2D eigenvalue weighted by Gasteiger charge is -2.05. The smallest absolute Gasteiger partial charge is 0.187 e. The lowest BCUT2D eigenvalue weighted by molar-refractivity contribution is 0.340. The summed E-state index contributed by atoms with van der Waals surface area (Å²) in [6.07, 6.45) is 0. The van der Waals surface area contributed by atoms with Crippen LogP contribution in [0.4, 0.5) is 10.8 Å². The van der Waals surface area contributed by atoms with Crippen LogP contribution in [0.15, 0.2) is 29.6 Å². The second-order valence-electron chi connectivity index (χ2n) is 3.36. The largest absolute Gasteiger partial charge is 0.494 e.